The molecule has 16 N–H and O–H groups in total. The fraction of sp³-hybridized carbons (Fsp3) is 0.525. The predicted molar refractivity (Wildman–Crippen MR) is 330 cm³/mol. The summed E-state index contributed by atoms with van der Waals surface area (Å²) in [5, 5.41) is 35.3. The normalized spacial score (nSPS) is 16.9. The van der Waals surface area contributed by atoms with Crippen molar-refractivity contribution in [1.29, 1.82) is 0 Å². The van der Waals surface area contributed by atoms with Crippen LogP contribution in [0.1, 0.15) is 110 Å². The minimum atomic E-state index is -1.75. The number of nitrogens with zero attached hydrogens (tertiary/aromatic N) is 3. The van der Waals surface area contributed by atoms with Crippen molar-refractivity contribution in [3.8, 4) is 5.75 Å². The smallest absolute Gasteiger partial charge is 0.302 e. The average molecular weight is 1250 g/mol. The molecule has 0 radical (unpaired) electrons. The quantitative estimate of drug-likeness (QED) is 0.0119. The fourth-order valence-corrected chi connectivity index (χ4v) is 10.7. The number of carbonyl (C=O) groups excluding carboxylic acids is 11. The second-order valence-electron chi connectivity index (χ2n) is 23.4. The number of hydrogen-bond donors (Lipinski definition) is 14. The molecule has 29 heteroatoms. The monoisotopic (exact) mass is 1250 g/mol. The first kappa shape index (κ1) is 69.5. The molecular weight excluding hydrogens is 1160 g/mol. The maximum absolute atomic E-state index is 14.8. The number of phenols is 1. The van der Waals surface area contributed by atoms with Crippen LogP contribution in [-0.2, 0) is 76.7 Å². The number of aliphatic imine (C=N–C) groups is 1. The summed E-state index contributed by atoms with van der Waals surface area (Å²) in [6.07, 6.45) is 5.63. The summed E-state index contributed by atoms with van der Waals surface area (Å²) in [6.45, 7) is 10.1. The lowest BCUT2D eigenvalue weighted by Gasteiger charge is -2.31. The van der Waals surface area contributed by atoms with Crippen molar-refractivity contribution in [2.45, 2.75) is 167 Å². The van der Waals surface area contributed by atoms with E-state index >= 15 is 0 Å². The summed E-state index contributed by atoms with van der Waals surface area (Å²) in [4.78, 5) is 169. The molecule has 0 unspecified atom stereocenters. The zero-order valence-corrected chi connectivity index (χ0v) is 51.7. The topological polar surface area (TPSA) is 438 Å². The Kier molecular flexibility index (Phi) is 26.0. The zero-order valence-electron chi connectivity index (χ0n) is 51.7. The largest absolute Gasteiger partial charge is 0.508 e. The molecule has 0 aliphatic carbocycles. The standard InChI is InChI=1S/C61H86N16O13/c1-7-65-59(88)50-15-11-23-77(50)60(89)43(14-10-22-66-61(62)63)70-53(82)44(24-33(2)3)71-54(83)45(25-34(4)5)72-55(84)46(26-36-16-18-39(79)19-17-36)73-58(87)49(31-90-35(6)78)76-56(85)47(27-37-29-67-41-13-9-8-12-40(37)41)74-57(86)48(28-38-30-64-32-68-38)75-52(81)42-20-21-51(80)69-42/h8-9,12-13,16-19,29-30,32-34,42-50,67,79H,7,10-11,14-15,20-28,31H2,1-6H3,(H,64,68)(H,65,88)(H,69,80)(H,70,82)(H,71,83)(H,72,84)(H,73,87)(H,74,86)(H,75,81)(H,76,85)(H4,62,63,66)/t42-,43-,44-,45+,46-,47-,48-,49-,50-/m0/s1. The van der Waals surface area contributed by atoms with Gasteiger partial charge in [0.2, 0.25) is 59.1 Å². The number of amides is 10. The van der Waals surface area contributed by atoms with Gasteiger partial charge in [-0.25, -0.2) is 4.98 Å². The van der Waals surface area contributed by atoms with E-state index in [4.69, 9.17) is 16.2 Å². The van der Waals surface area contributed by atoms with Gasteiger partial charge in [-0.15, -0.1) is 0 Å². The fourth-order valence-electron chi connectivity index (χ4n) is 10.7. The number of para-hydroxylation sites is 1. The second-order valence-corrected chi connectivity index (χ2v) is 23.4. The Morgan fingerprint density at radius 3 is 1.87 bits per heavy atom. The van der Waals surface area contributed by atoms with Crippen LogP contribution in [-0.4, -0.2) is 177 Å². The van der Waals surface area contributed by atoms with Gasteiger partial charge in [0.05, 0.1) is 6.33 Å². The molecular formula is C61H86N16O13. The third kappa shape index (κ3) is 21.1. The van der Waals surface area contributed by atoms with Crippen LogP contribution in [0, 0.1) is 11.8 Å². The number of esters is 1. The molecule has 2 aromatic heterocycles. The lowest BCUT2D eigenvalue weighted by atomic mass is 9.98. The van der Waals surface area contributed by atoms with Gasteiger partial charge in [0.15, 0.2) is 5.96 Å². The van der Waals surface area contributed by atoms with Crippen molar-refractivity contribution in [3.05, 3.63) is 84.1 Å². The minimum absolute atomic E-state index is 0.0216. The van der Waals surface area contributed by atoms with Crippen LogP contribution in [0.3, 0.4) is 0 Å². The van der Waals surface area contributed by atoms with Gasteiger partial charge in [0.25, 0.3) is 0 Å². The summed E-state index contributed by atoms with van der Waals surface area (Å²) in [5.74, 6) is -8.56. The minimum Gasteiger partial charge on any atom is -0.508 e. The van der Waals surface area contributed by atoms with Crippen molar-refractivity contribution in [1.82, 2.24) is 67.7 Å². The number of aromatic hydroxyl groups is 1. The number of nitrogens with one attached hydrogen (secondary N) is 11. The lowest BCUT2D eigenvalue weighted by molar-refractivity contribution is -0.145. The number of ether oxygens (including phenoxy) is 1. The number of rotatable bonds is 33. The molecule has 0 saturated carbocycles. The number of nitrogens with two attached hydrogens (primary N) is 2. The summed E-state index contributed by atoms with van der Waals surface area (Å²) in [6, 6.07) is 1.35. The van der Waals surface area contributed by atoms with E-state index < -0.39 is 114 Å². The molecule has 29 nitrogen and oxygen atoms in total. The Morgan fingerprint density at radius 1 is 0.711 bits per heavy atom. The number of benzene rings is 2. The van der Waals surface area contributed by atoms with Gasteiger partial charge in [0.1, 0.15) is 66.7 Å². The van der Waals surface area contributed by atoms with E-state index in [2.05, 4.69) is 67.8 Å². The van der Waals surface area contributed by atoms with E-state index in [0.29, 0.717) is 47.1 Å². The molecule has 4 heterocycles. The molecule has 90 heavy (non-hydrogen) atoms. The third-order valence-electron chi connectivity index (χ3n) is 15.2. The molecule has 0 spiro atoms. The highest BCUT2D eigenvalue weighted by Crippen LogP contribution is 2.22. The molecule has 0 bridgehead atoms. The number of hydrogen-bond acceptors (Lipinski definition) is 15. The first-order valence-corrected chi connectivity index (χ1v) is 30.4. The summed E-state index contributed by atoms with van der Waals surface area (Å²) in [5.41, 5.74) is 13.3. The van der Waals surface area contributed by atoms with Crippen LogP contribution < -0.4 is 59.3 Å². The molecule has 6 rings (SSSR count). The molecule has 2 saturated heterocycles. The van der Waals surface area contributed by atoms with Crippen molar-refractivity contribution >= 4 is 81.9 Å². The Balaban J connectivity index is 1.26. The highest BCUT2D eigenvalue weighted by Gasteiger charge is 2.40. The molecule has 488 valence electrons. The van der Waals surface area contributed by atoms with Gasteiger partial charge in [-0.05, 0) is 93.0 Å². The number of phenolic OH excluding ortho intramolecular Hbond substituents is 1. The maximum atomic E-state index is 14.8. The lowest BCUT2D eigenvalue weighted by Crippen LogP contribution is -2.61. The Labute approximate surface area is 521 Å². The number of guanidine groups is 1. The average Bonchev–Trinajstić information content (AvgIpc) is 1.98. The molecule has 2 aliphatic rings. The van der Waals surface area contributed by atoms with Gasteiger partial charge in [-0.3, -0.25) is 57.7 Å². The van der Waals surface area contributed by atoms with E-state index in [-0.39, 0.29) is 106 Å². The van der Waals surface area contributed by atoms with Crippen molar-refractivity contribution in [2.24, 2.45) is 28.3 Å². The van der Waals surface area contributed by atoms with Crippen LogP contribution in [0.15, 0.2) is 72.2 Å². The van der Waals surface area contributed by atoms with E-state index in [0.717, 1.165) is 6.92 Å². The third-order valence-corrected chi connectivity index (χ3v) is 15.2. The highest BCUT2D eigenvalue weighted by atomic mass is 16.5. The second kappa shape index (κ2) is 33.7. The number of fused-ring (bicyclic) bond motifs is 1. The van der Waals surface area contributed by atoms with Crippen LogP contribution in [0.25, 0.3) is 10.9 Å². The van der Waals surface area contributed by atoms with Crippen molar-refractivity contribution in [3.63, 3.8) is 0 Å². The number of H-pyrrole nitrogens is 2. The Hall–Kier alpha value is -9.57. The Morgan fingerprint density at radius 2 is 1.29 bits per heavy atom. The van der Waals surface area contributed by atoms with Gasteiger partial charge >= 0.3 is 5.97 Å². The van der Waals surface area contributed by atoms with E-state index in [1.807, 2.05) is 13.8 Å². The van der Waals surface area contributed by atoms with Crippen molar-refractivity contribution in [2.75, 3.05) is 26.2 Å². The number of imidazole rings is 1. The van der Waals surface area contributed by atoms with Crippen LogP contribution in [0.4, 0.5) is 0 Å². The van der Waals surface area contributed by atoms with E-state index in [1.165, 1.54) is 41.7 Å². The van der Waals surface area contributed by atoms with Crippen molar-refractivity contribution < 1.29 is 62.6 Å². The predicted octanol–water partition coefficient (Wildman–Crippen LogP) is -0.867. The van der Waals surface area contributed by atoms with Gasteiger partial charge < -0.3 is 84.0 Å². The number of carbonyl (C=O) groups is 11. The molecule has 10 amide bonds. The zero-order chi connectivity index (χ0) is 65.6. The van der Waals surface area contributed by atoms with E-state index in [1.54, 1.807) is 51.2 Å². The highest BCUT2D eigenvalue weighted by molar-refractivity contribution is 5.99. The van der Waals surface area contributed by atoms with Gasteiger partial charge in [-0.2, -0.15) is 0 Å². The maximum Gasteiger partial charge on any atom is 0.302 e. The van der Waals surface area contributed by atoms with E-state index in [9.17, 15) is 57.8 Å². The number of aromatic amines is 2. The van der Waals surface area contributed by atoms with Crippen LogP contribution >= 0.6 is 0 Å². The summed E-state index contributed by atoms with van der Waals surface area (Å²) in [7, 11) is 0. The number of aromatic nitrogens is 3. The first-order valence-electron chi connectivity index (χ1n) is 30.4. The molecule has 2 aromatic carbocycles. The molecule has 2 fully saturated rings. The summed E-state index contributed by atoms with van der Waals surface area (Å²) < 4.78 is 5.30. The Bertz CT molecular complexity index is 3180. The number of likely N-dealkylation sites (tertiary alicyclic amines) is 1. The molecule has 4 aromatic rings. The van der Waals surface area contributed by atoms with Gasteiger partial charge in [0, 0.05) is 81.2 Å². The van der Waals surface area contributed by atoms with Crippen LogP contribution in [0.2, 0.25) is 0 Å². The SMILES string of the molecule is CCNC(=O)[C@@H]1CCCN1C(=O)[C@H](CCCN=C(N)N)NC(=O)[C@H](CC(C)C)NC(=O)[C@@H](CC(C)C)NC(=O)[C@H](Cc1ccc(O)cc1)NC(=O)[C@H](COC(C)=O)NC(=O)[C@H](Cc1c[nH]c2ccccc12)NC(=O)[C@H](Cc1cnc[nH]1)NC(=O)[C@@H]1CCC(=O)N1. The molecule has 9 atom stereocenters. The van der Waals surface area contributed by atoms with Crippen LogP contribution in [0.5, 0.6) is 5.75 Å². The molecule has 2 aliphatic heterocycles. The van der Waals surface area contributed by atoms with Gasteiger partial charge in [-0.1, -0.05) is 58.0 Å². The number of likely N-dealkylation sites (N-methyl/N-ethyl adjacent to an activating group) is 1. The first-order chi connectivity index (χ1) is 42.9. The summed E-state index contributed by atoms with van der Waals surface area (Å²) >= 11 is 0.